The van der Waals surface area contributed by atoms with Crippen LogP contribution in [0.3, 0.4) is 0 Å². The van der Waals surface area contributed by atoms with E-state index >= 15 is 0 Å². The first kappa shape index (κ1) is 19.1. The van der Waals surface area contributed by atoms with Gasteiger partial charge in [-0.25, -0.2) is 0 Å². The van der Waals surface area contributed by atoms with Crippen molar-refractivity contribution in [2.75, 3.05) is 27.4 Å². The highest BCUT2D eigenvalue weighted by atomic mass is 31.2. The van der Waals surface area contributed by atoms with E-state index in [1.54, 1.807) is 13.8 Å². The molecule has 0 atom stereocenters. The van der Waals surface area contributed by atoms with E-state index in [9.17, 15) is 14.2 Å². The molecule has 0 fully saturated rings. The van der Waals surface area contributed by atoms with Gasteiger partial charge in [0.25, 0.3) is 0 Å². The van der Waals surface area contributed by atoms with Gasteiger partial charge in [0.1, 0.15) is 5.28 Å². The van der Waals surface area contributed by atoms with Gasteiger partial charge in [-0.1, -0.05) is 0 Å². The van der Waals surface area contributed by atoms with E-state index in [1.165, 1.54) is 0 Å². The van der Waals surface area contributed by atoms with Gasteiger partial charge in [0.15, 0.2) is 0 Å². The highest BCUT2D eigenvalue weighted by molar-refractivity contribution is 7.55. The number of esters is 2. The zero-order valence-corrected chi connectivity index (χ0v) is 13.1. The summed E-state index contributed by atoms with van der Waals surface area (Å²) in [6, 6.07) is 0. The Balaban J connectivity index is 5.49. The third-order valence-corrected chi connectivity index (χ3v) is 5.10. The molecule has 0 aliphatic heterocycles. The van der Waals surface area contributed by atoms with E-state index in [2.05, 4.69) is 9.47 Å². The van der Waals surface area contributed by atoms with E-state index in [1.807, 2.05) is 0 Å². The summed E-state index contributed by atoms with van der Waals surface area (Å²) in [5.74, 6) is -1.45. The fourth-order valence-corrected chi connectivity index (χ4v) is 3.45. The molecular formula is C11H22NO7P. The molecule has 0 unspecified atom stereocenters. The van der Waals surface area contributed by atoms with Gasteiger partial charge in [0.05, 0.1) is 40.3 Å². The summed E-state index contributed by atoms with van der Waals surface area (Å²) in [7, 11) is -1.58. The molecule has 0 saturated carbocycles. The van der Waals surface area contributed by atoms with Crippen molar-refractivity contribution in [3.8, 4) is 0 Å². The quantitative estimate of drug-likeness (QED) is 0.496. The largest absolute Gasteiger partial charge is 0.469 e. The summed E-state index contributed by atoms with van der Waals surface area (Å²) < 4.78 is 32.0. The molecule has 0 aromatic carbocycles. The van der Waals surface area contributed by atoms with Crippen molar-refractivity contribution in [3.05, 3.63) is 0 Å². The number of methoxy groups -OCH3 is 2. The van der Waals surface area contributed by atoms with Crippen molar-refractivity contribution < 1.29 is 32.7 Å². The van der Waals surface area contributed by atoms with E-state index in [4.69, 9.17) is 14.8 Å². The first-order valence-corrected chi connectivity index (χ1v) is 7.64. The Hall–Kier alpha value is -0.950. The Labute approximate surface area is 118 Å². The molecule has 20 heavy (non-hydrogen) atoms. The summed E-state index contributed by atoms with van der Waals surface area (Å²) in [4.78, 5) is 22.9. The summed E-state index contributed by atoms with van der Waals surface area (Å²) in [5.41, 5.74) is 5.99. The van der Waals surface area contributed by atoms with Crippen LogP contribution in [0.5, 0.6) is 0 Å². The van der Waals surface area contributed by atoms with Gasteiger partial charge >= 0.3 is 19.5 Å². The molecule has 0 saturated heterocycles. The van der Waals surface area contributed by atoms with E-state index in [0.29, 0.717) is 0 Å². The fourth-order valence-electron chi connectivity index (χ4n) is 1.53. The smallest absolute Gasteiger partial charge is 0.351 e. The van der Waals surface area contributed by atoms with Gasteiger partial charge in [0, 0.05) is 0 Å². The lowest BCUT2D eigenvalue weighted by Gasteiger charge is -2.33. The predicted molar refractivity (Wildman–Crippen MR) is 71.0 cm³/mol. The van der Waals surface area contributed by atoms with Crippen molar-refractivity contribution in [3.63, 3.8) is 0 Å². The van der Waals surface area contributed by atoms with Crippen molar-refractivity contribution in [2.24, 2.45) is 5.73 Å². The van der Waals surface area contributed by atoms with E-state index < -0.39 is 37.7 Å². The van der Waals surface area contributed by atoms with Crippen LogP contribution in [0.25, 0.3) is 0 Å². The van der Waals surface area contributed by atoms with Crippen LogP contribution in [0.4, 0.5) is 0 Å². The Morgan fingerprint density at radius 1 is 1.00 bits per heavy atom. The lowest BCUT2D eigenvalue weighted by atomic mass is 10.1. The van der Waals surface area contributed by atoms with Gasteiger partial charge in [-0.2, -0.15) is 0 Å². The molecule has 8 nitrogen and oxygen atoms in total. The zero-order valence-electron chi connectivity index (χ0n) is 12.2. The average Bonchev–Trinajstić information content (AvgIpc) is 2.38. The first-order valence-electron chi connectivity index (χ1n) is 6.10. The van der Waals surface area contributed by atoms with Crippen LogP contribution in [-0.4, -0.2) is 44.7 Å². The Morgan fingerprint density at radius 2 is 1.35 bits per heavy atom. The first-order chi connectivity index (χ1) is 9.28. The highest BCUT2D eigenvalue weighted by Crippen LogP contribution is 2.60. The summed E-state index contributed by atoms with van der Waals surface area (Å²) in [6.07, 6.45) is -0.980. The molecule has 0 aliphatic carbocycles. The van der Waals surface area contributed by atoms with Crippen LogP contribution in [0.2, 0.25) is 0 Å². The zero-order chi connectivity index (χ0) is 15.8. The van der Waals surface area contributed by atoms with Crippen LogP contribution in [0.1, 0.15) is 26.7 Å². The minimum atomic E-state index is -3.90. The number of carbonyl (C=O) groups is 2. The second-order valence-corrected chi connectivity index (χ2v) is 6.34. The standard InChI is InChI=1S/C11H22NO7P/c1-5-18-20(15,19-6-2)11(12,7-9(13)16-3)8-10(14)17-4/h5-8,12H2,1-4H3. The van der Waals surface area contributed by atoms with Crippen molar-refractivity contribution in [2.45, 2.75) is 32.0 Å². The lowest BCUT2D eigenvalue weighted by molar-refractivity contribution is -0.144. The van der Waals surface area contributed by atoms with E-state index in [0.717, 1.165) is 14.2 Å². The third-order valence-electron chi connectivity index (χ3n) is 2.50. The van der Waals surface area contributed by atoms with Crippen molar-refractivity contribution >= 4 is 19.5 Å². The highest BCUT2D eigenvalue weighted by Gasteiger charge is 2.51. The molecule has 0 rings (SSSR count). The second-order valence-electron chi connectivity index (χ2n) is 3.94. The summed E-state index contributed by atoms with van der Waals surface area (Å²) in [5, 5.41) is -1.83. The van der Waals surface area contributed by atoms with Crippen LogP contribution >= 0.6 is 7.60 Å². The number of hydrogen-bond donors (Lipinski definition) is 1. The molecule has 0 aromatic rings. The minimum absolute atomic E-state index is 0.0541. The normalized spacial score (nSPS) is 12.1. The maximum absolute atomic E-state index is 12.8. The molecule has 0 heterocycles. The van der Waals surface area contributed by atoms with Gasteiger partial charge in [0.2, 0.25) is 0 Å². The predicted octanol–water partition coefficient (Wildman–Crippen LogP) is 1.03. The Bertz CT molecular complexity index is 357. The van der Waals surface area contributed by atoms with Crippen molar-refractivity contribution in [1.82, 2.24) is 0 Å². The second kappa shape index (κ2) is 8.36. The topological polar surface area (TPSA) is 114 Å². The molecule has 9 heteroatoms. The van der Waals surface area contributed by atoms with Gasteiger partial charge in [-0.15, -0.1) is 0 Å². The monoisotopic (exact) mass is 311 g/mol. The molecule has 0 spiro atoms. The van der Waals surface area contributed by atoms with Gasteiger partial charge in [-0.3, -0.25) is 14.2 Å². The molecule has 0 aromatic heterocycles. The minimum Gasteiger partial charge on any atom is -0.469 e. The Morgan fingerprint density at radius 3 is 1.60 bits per heavy atom. The van der Waals surface area contributed by atoms with Crippen LogP contribution < -0.4 is 5.73 Å². The van der Waals surface area contributed by atoms with E-state index in [-0.39, 0.29) is 13.2 Å². The number of ether oxygens (including phenoxy) is 2. The number of nitrogens with two attached hydrogens (primary N) is 1. The van der Waals surface area contributed by atoms with Crippen LogP contribution in [-0.2, 0) is 32.7 Å². The number of carbonyl (C=O) groups excluding carboxylic acids is 2. The molecule has 0 aliphatic rings. The maximum atomic E-state index is 12.8. The van der Waals surface area contributed by atoms with Crippen LogP contribution in [0, 0.1) is 0 Å². The molecule has 0 amide bonds. The molecule has 0 bridgehead atoms. The summed E-state index contributed by atoms with van der Waals surface area (Å²) in [6.45, 7) is 3.31. The SMILES string of the molecule is CCOP(=O)(OCC)C(N)(CC(=O)OC)CC(=O)OC. The summed E-state index contributed by atoms with van der Waals surface area (Å²) >= 11 is 0. The Kier molecular flexibility index (Phi) is 7.96. The molecule has 2 N–H and O–H groups in total. The molecule has 0 radical (unpaired) electrons. The number of hydrogen-bond acceptors (Lipinski definition) is 8. The molecule has 118 valence electrons. The fraction of sp³-hybridized carbons (Fsp3) is 0.818. The molecular weight excluding hydrogens is 289 g/mol. The van der Waals surface area contributed by atoms with Gasteiger partial charge in [-0.05, 0) is 13.8 Å². The maximum Gasteiger partial charge on any atom is 0.351 e. The van der Waals surface area contributed by atoms with Crippen molar-refractivity contribution in [1.29, 1.82) is 0 Å². The average molecular weight is 311 g/mol. The van der Waals surface area contributed by atoms with Crippen LogP contribution in [0.15, 0.2) is 0 Å². The third kappa shape index (κ3) is 4.86. The van der Waals surface area contributed by atoms with Gasteiger partial charge < -0.3 is 24.3 Å². The number of rotatable bonds is 9. The lowest BCUT2D eigenvalue weighted by Crippen LogP contribution is -2.45.